The summed E-state index contributed by atoms with van der Waals surface area (Å²) in [6.07, 6.45) is 5.64. The van der Waals surface area contributed by atoms with Gasteiger partial charge in [0.2, 0.25) is 0 Å². The Bertz CT molecular complexity index is 160. The molecule has 0 unspecified atom stereocenters. The molecule has 0 amide bonds. The van der Waals surface area contributed by atoms with Gasteiger partial charge in [-0.25, -0.2) is 0 Å². The summed E-state index contributed by atoms with van der Waals surface area (Å²) < 4.78 is 5.08. The molecule has 0 saturated carbocycles. The minimum Gasteiger partial charge on any atom is -0.465 e. The zero-order valence-electron chi connectivity index (χ0n) is 10.4. The highest BCUT2D eigenvalue weighted by molar-refractivity contribution is 5.71. The van der Waals surface area contributed by atoms with Gasteiger partial charge in [-0.05, 0) is 26.4 Å². The van der Waals surface area contributed by atoms with Gasteiger partial charge in [-0.3, -0.25) is 9.69 Å². The van der Waals surface area contributed by atoms with E-state index in [0.29, 0.717) is 13.2 Å². The number of nitrogens with zero attached hydrogens (tertiary/aromatic N) is 1. The molecule has 0 rings (SSSR count). The lowest BCUT2D eigenvalue weighted by atomic mass is 10.2. The van der Waals surface area contributed by atoms with E-state index in [9.17, 15) is 4.79 Å². The molecule has 0 aromatic carbocycles. The topological polar surface area (TPSA) is 29.5 Å². The third kappa shape index (κ3) is 9.73. The third-order valence-corrected chi connectivity index (χ3v) is 2.30. The van der Waals surface area contributed by atoms with Crippen molar-refractivity contribution in [1.29, 1.82) is 0 Å². The molecule has 3 nitrogen and oxygen atoms in total. The van der Waals surface area contributed by atoms with Crippen LogP contribution in [0.5, 0.6) is 0 Å². The van der Waals surface area contributed by atoms with Crippen LogP contribution >= 0.6 is 0 Å². The van der Waals surface area contributed by atoms with E-state index in [1.807, 2.05) is 11.9 Å². The number of likely N-dealkylation sites (N-methyl/N-ethyl adjacent to an activating group) is 1. The second-order valence-electron chi connectivity index (χ2n) is 4.02. The number of esters is 1. The summed E-state index contributed by atoms with van der Waals surface area (Å²) in [5.41, 5.74) is 0. The van der Waals surface area contributed by atoms with E-state index in [1.165, 1.54) is 12.8 Å². The molecule has 3 heteroatoms. The van der Waals surface area contributed by atoms with Crippen molar-refractivity contribution in [2.75, 3.05) is 26.7 Å². The number of carbonyl (C=O) groups excluding carboxylic acids is 1. The van der Waals surface area contributed by atoms with Crippen LogP contribution in [0.4, 0.5) is 0 Å². The number of hydrogen-bond donors (Lipinski definition) is 0. The average Bonchev–Trinajstić information content (AvgIpc) is 2.18. The van der Waals surface area contributed by atoms with Crippen LogP contribution in [0.15, 0.2) is 0 Å². The Balaban J connectivity index is 3.40. The van der Waals surface area contributed by atoms with Crippen LogP contribution < -0.4 is 0 Å². The predicted octanol–water partition coefficient (Wildman–Crippen LogP) is 2.45. The van der Waals surface area contributed by atoms with E-state index in [1.54, 1.807) is 0 Å². The zero-order valence-corrected chi connectivity index (χ0v) is 10.4. The van der Waals surface area contributed by atoms with Gasteiger partial charge >= 0.3 is 5.97 Å². The first-order valence-corrected chi connectivity index (χ1v) is 6.04. The largest absolute Gasteiger partial charge is 0.465 e. The smallest absolute Gasteiger partial charge is 0.320 e. The van der Waals surface area contributed by atoms with Crippen molar-refractivity contribution in [3.05, 3.63) is 0 Å². The van der Waals surface area contributed by atoms with Crippen LogP contribution in [0.2, 0.25) is 0 Å². The number of unbranched alkanes of at least 4 members (excludes halogenated alkanes) is 3. The van der Waals surface area contributed by atoms with Gasteiger partial charge in [-0.2, -0.15) is 0 Å². The highest BCUT2D eigenvalue weighted by atomic mass is 16.5. The molecule has 0 aliphatic rings. The summed E-state index contributed by atoms with van der Waals surface area (Å²) in [6.45, 7) is 6.24. The molecule has 0 atom stereocenters. The van der Waals surface area contributed by atoms with Crippen LogP contribution in [0.25, 0.3) is 0 Å². The van der Waals surface area contributed by atoms with Gasteiger partial charge in [-0.1, -0.05) is 33.1 Å². The van der Waals surface area contributed by atoms with Crippen molar-refractivity contribution in [2.45, 2.75) is 46.0 Å². The molecule has 0 aliphatic heterocycles. The molecule has 15 heavy (non-hydrogen) atoms. The second kappa shape index (κ2) is 9.97. The van der Waals surface area contributed by atoms with E-state index in [2.05, 4.69) is 13.8 Å². The summed E-state index contributed by atoms with van der Waals surface area (Å²) >= 11 is 0. The minimum atomic E-state index is -0.0950. The highest BCUT2D eigenvalue weighted by Crippen LogP contribution is 1.97. The Labute approximate surface area is 93.8 Å². The van der Waals surface area contributed by atoms with Crippen LogP contribution in [0.1, 0.15) is 46.0 Å². The van der Waals surface area contributed by atoms with Crippen molar-refractivity contribution in [3.63, 3.8) is 0 Å². The Morgan fingerprint density at radius 2 is 1.80 bits per heavy atom. The van der Waals surface area contributed by atoms with Crippen molar-refractivity contribution in [1.82, 2.24) is 4.90 Å². The molecule has 0 radical (unpaired) electrons. The standard InChI is InChI=1S/C12H25NO2/c1-4-6-8-9-13(3)11-12(14)15-10-7-5-2/h4-11H2,1-3H3. The van der Waals surface area contributed by atoms with E-state index < -0.39 is 0 Å². The van der Waals surface area contributed by atoms with E-state index >= 15 is 0 Å². The van der Waals surface area contributed by atoms with E-state index in [4.69, 9.17) is 4.74 Å². The lowest BCUT2D eigenvalue weighted by molar-refractivity contribution is -0.144. The maximum Gasteiger partial charge on any atom is 0.320 e. The van der Waals surface area contributed by atoms with Crippen molar-refractivity contribution >= 4 is 5.97 Å². The summed E-state index contributed by atoms with van der Waals surface area (Å²) in [5, 5.41) is 0. The molecule has 0 heterocycles. The monoisotopic (exact) mass is 215 g/mol. The molecule has 0 saturated heterocycles. The quantitative estimate of drug-likeness (QED) is 0.437. The lowest BCUT2D eigenvalue weighted by Crippen LogP contribution is -2.28. The van der Waals surface area contributed by atoms with Gasteiger partial charge in [0.25, 0.3) is 0 Å². The number of rotatable bonds is 9. The zero-order chi connectivity index (χ0) is 11.5. The van der Waals surface area contributed by atoms with Gasteiger partial charge < -0.3 is 4.74 Å². The van der Waals surface area contributed by atoms with E-state index in [0.717, 1.165) is 25.8 Å². The summed E-state index contributed by atoms with van der Waals surface area (Å²) in [6, 6.07) is 0. The fourth-order valence-corrected chi connectivity index (χ4v) is 1.31. The van der Waals surface area contributed by atoms with Gasteiger partial charge in [0.05, 0.1) is 13.2 Å². The SMILES string of the molecule is CCCCCN(C)CC(=O)OCCCC. The Hall–Kier alpha value is -0.570. The molecule has 0 spiro atoms. The van der Waals surface area contributed by atoms with E-state index in [-0.39, 0.29) is 5.97 Å². The summed E-state index contributed by atoms with van der Waals surface area (Å²) in [7, 11) is 1.97. The molecule has 0 aromatic heterocycles. The first-order chi connectivity index (χ1) is 7.20. The lowest BCUT2D eigenvalue weighted by Gasteiger charge is -2.15. The Morgan fingerprint density at radius 3 is 2.40 bits per heavy atom. The number of carbonyl (C=O) groups is 1. The van der Waals surface area contributed by atoms with Crippen LogP contribution in [-0.4, -0.2) is 37.6 Å². The Kier molecular flexibility index (Phi) is 9.59. The molecule has 0 fully saturated rings. The molecule has 90 valence electrons. The van der Waals surface area contributed by atoms with Crippen molar-refractivity contribution in [3.8, 4) is 0 Å². The summed E-state index contributed by atoms with van der Waals surface area (Å²) in [5.74, 6) is -0.0950. The maximum absolute atomic E-state index is 11.3. The molecule has 0 aromatic rings. The first-order valence-electron chi connectivity index (χ1n) is 6.04. The van der Waals surface area contributed by atoms with Crippen molar-refractivity contribution < 1.29 is 9.53 Å². The molecular weight excluding hydrogens is 190 g/mol. The number of hydrogen-bond acceptors (Lipinski definition) is 3. The third-order valence-electron chi connectivity index (χ3n) is 2.30. The summed E-state index contributed by atoms with van der Waals surface area (Å²) in [4.78, 5) is 13.3. The number of ether oxygens (including phenoxy) is 1. The van der Waals surface area contributed by atoms with Crippen LogP contribution in [0, 0.1) is 0 Å². The highest BCUT2D eigenvalue weighted by Gasteiger charge is 2.06. The molecule has 0 aliphatic carbocycles. The molecule has 0 bridgehead atoms. The van der Waals surface area contributed by atoms with Gasteiger partial charge in [0, 0.05) is 0 Å². The van der Waals surface area contributed by atoms with Crippen molar-refractivity contribution in [2.24, 2.45) is 0 Å². The van der Waals surface area contributed by atoms with Crippen LogP contribution in [-0.2, 0) is 9.53 Å². The fraction of sp³-hybridized carbons (Fsp3) is 0.917. The second-order valence-corrected chi connectivity index (χ2v) is 4.02. The maximum atomic E-state index is 11.3. The van der Waals surface area contributed by atoms with Gasteiger partial charge in [0.15, 0.2) is 0 Å². The molecule has 0 N–H and O–H groups in total. The van der Waals surface area contributed by atoms with Gasteiger partial charge in [0.1, 0.15) is 0 Å². The predicted molar refractivity (Wildman–Crippen MR) is 62.9 cm³/mol. The first kappa shape index (κ1) is 14.4. The Morgan fingerprint density at radius 1 is 1.13 bits per heavy atom. The molecular formula is C12H25NO2. The normalized spacial score (nSPS) is 10.7. The average molecular weight is 215 g/mol. The fourth-order valence-electron chi connectivity index (χ4n) is 1.31. The van der Waals surface area contributed by atoms with Gasteiger partial charge in [-0.15, -0.1) is 0 Å². The minimum absolute atomic E-state index is 0.0950. The van der Waals surface area contributed by atoms with Crippen LogP contribution in [0.3, 0.4) is 0 Å².